The zero-order chi connectivity index (χ0) is 13.8. The molecule has 0 radical (unpaired) electrons. The third-order valence-corrected chi connectivity index (χ3v) is 5.28. The minimum atomic E-state index is 0.180. The van der Waals surface area contributed by atoms with E-state index < -0.39 is 0 Å². The topological polar surface area (TPSA) is 32.3 Å². The summed E-state index contributed by atoms with van der Waals surface area (Å²) >= 11 is 1.98. The molecule has 1 aliphatic heterocycles. The average molecular weight is 290 g/mol. The van der Waals surface area contributed by atoms with E-state index in [4.69, 9.17) is 0 Å². The highest BCUT2D eigenvalue weighted by molar-refractivity contribution is 7.99. The minimum Gasteiger partial charge on any atom is -0.354 e. The van der Waals surface area contributed by atoms with E-state index in [1.807, 2.05) is 17.8 Å². The molecule has 0 bridgehead atoms. The van der Waals surface area contributed by atoms with E-state index in [2.05, 4.69) is 34.5 Å². The first-order valence-electron chi connectivity index (χ1n) is 7.41. The number of thioether (sulfide) groups is 1. The van der Waals surface area contributed by atoms with Gasteiger partial charge in [0.15, 0.2) is 0 Å². The fourth-order valence-electron chi connectivity index (χ4n) is 2.80. The fourth-order valence-corrected chi connectivity index (χ4v) is 3.77. The van der Waals surface area contributed by atoms with E-state index >= 15 is 0 Å². The van der Waals surface area contributed by atoms with Crippen molar-refractivity contribution in [1.29, 1.82) is 0 Å². The van der Waals surface area contributed by atoms with Gasteiger partial charge in [-0.1, -0.05) is 30.3 Å². The van der Waals surface area contributed by atoms with Gasteiger partial charge in [0.1, 0.15) is 0 Å². The molecular formula is C16H22N2OS. The lowest BCUT2D eigenvalue weighted by Crippen LogP contribution is -2.43. The zero-order valence-corrected chi connectivity index (χ0v) is 12.6. The largest absolute Gasteiger partial charge is 0.354 e. The van der Waals surface area contributed by atoms with Crippen molar-refractivity contribution >= 4 is 17.7 Å². The van der Waals surface area contributed by atoms with Gasteiger partial charge in [-0.25, -0.2) is 0 Å². The van der Waals surface area contributed by atoms with Crippen LogP contribution in [-0.4, -0.2) is 48.5 Å². The minimum absolute atomic E-state index is 0.180. The van der Waals surface area contributed by atoms with Crippen LogP contribution in [0.5, 0.6) is 0 Å². The van der Waals surface area contributed by atoms with E-state index in [-0.39, 0.29) is 11.3 Å². The molecule has 108 valence electrons. The summed E-state index contributed by atoms with van der Waals surface area (Å²) in [6, 6.07) is 10.6. The molecule has 1 aromatic rings. The summed E-state index contributed by atoms with van der Waals surface area (Å²) in [6.45, 7) is 3.44. The second kappa shape index (κ2) is 6.19. The number of hydrogen-bond donors (Lipinski definition) is 1. The number of hydrogen-bond acceptors (Lipinski definition) is 3. The molecule has 2 aliphatic rings. The molecule has 1 saturated carbocycles. The molecule has 1 heterocycles. The SMILES string of the molecule is O=C(CN1CCSCC1)NCC1(c2ccccc2)CC1. The van der Waals surface area contributed by atoms with Crippen LogP contribution < -0.4 is 5.32 Å². The zero-order valence-electron chi connectivity index (χ0n) is 11.8. The van der Waals surface area contributed by atoms with E-state index in [0.29, 0.717) is 6.54 Å². The highest BCUT2D eigenvalue weighted by atomic mass is 32.2. The summed E-state index contributed by atoms with van der Waals surface area (Å²) in [5, 5.41) is 3.14. The lowest BCUT2D eigenvalue weighted by Gasteiger charge is -2.26. The number of amides is 1. The van der Waals surface area contributed by atoms with Crippen LogP contribution in [0.2, 0.25) is 0 Å². The van der Waals surface area contributed by atoms with Crippen LogP contribution in [0.3, 0.4) is 0 Å². The Bertz CT molecular complexity index is 453. The Morgan fingerprint density at radius 2 is 1.90 bits per heavy atom. The normalized spacial score (nSPS) is 21.4. The lowest BCUT2D eigenvalue weighted by molar-refractivity contribution is -0.122. The maximum atomic E-state index is 12.1. The number of carbonyl (C=O) groups is 1. The Morgan fingerprint density at radius 1 is 1.20 bits per heavy atom. The van der Waals surface area contributed by atoms with Crippen molar-refractivity contribution in [3.05, 3.63) is 35.9 Å². The van der Waals surface area contributed by atoms with Gasteiger partial charge >= 0.3 is 0 Å². The van der Waals surface area contributed by atoms with E-state index in [1.54, 1.807) is 0 Å². The lowest BCUT2D eigenvalue weighted by atomic mass is 9.96. The van der Waals surface area contributed by atoms with Crippen molar-refractivity contribution in [3.8, 4) is 0 Å². The molecule has 0 spiro atoms. The molecule has 1 aliphatic carbocycles. The van der Waals surface area contributed by atoms with Crippen molar-refractivity contribution in [2.45, 2.75) is 18.3 Å². The third-order valence-electron chi connectivity index (χ3n) is 4.33. The second-order valence-electron chi connectivity index (χ2n) is 5.81. The van der Waals surface area contributed by atoms with Crippen molar-refractivity contribution in [2.24, 2.45) is 0 Å². The number of nitrogens with one attached hydrogen (secondary N) is 1. The number of benzene rings is 1. The van der Waals surface area contributed by atoms with Gasteiger partial charge in [-0.15, -0.1) is 0 Å². The van der Waals surface area contributed by atoms with Crippen molar-refractivity contribution in [2.75, 3.05) is 37.7 Å². The highest BCUT2D eigenvalue weighted by Crippen LogP contribution is 2.47. The molecule has 0 unspecified atom stereocenters. The second-order valence-corrected chi connectivity index (χ2v) is 7.04. The molecule has 1 amide bonds. The summed E-state index contributed by atoms with van der Waals surface area (Å²) in [5.74, 6) is 2.49. The number of rotatable bonds is 5. The molecule has 0 atom stereocenters. The molecule has 20 heavy (non-hydrogen) atoms. The van der Waals surface area contributed by atoms with Gasteiger partial charge in [0.25, 0.3) is 0 Å². The molecule has 1 N–H and O–H groups in total. The number of nitrogens with zero attached hydrogens (tertiary/aromatic N) is 1. The van der Waals surface area contributed by atoms with E-state index in [0.717, 1.165) is 31.1 Å². The summed E-state index contributed by atoms with van der Waals surface area (Å²) in [5.41, 5.74) is 1.59. The van der Waals surface area contributed by atoms with Crippen molar-refractivity contribution < 1.29 is 4.79 Å². The molecule has 0 aromatic heterocycles. The van der Waals surface area contributed by atoms with Gasteiger partial charge in [-0.3, -0.25) is 9.69 Å². The summed E-state index contributed by atoms with van der Waals surface area (Å²) in [6.07, 6.45) is 2.38. The highest BCUT2D eigenvalue weighted by Gasteiger charge is 2.44. The van der Waals surface area contributed by atoms with Crippen LogP contribution in [0.15, 0.2) is 30.3 Å². The van der Waals surface area contributed by atoms with Gasteiger partial charge in [-0.05, 0) is 18.4 Å². The standard InChI is InChI=1S/C16H22N2OS/c19-15(12-18-8-10-20-11-9-18)17-13-16(6-7-16)14-4-2-1-3-5-14/h1-5H,6-13H2,(H,17,19). The molecule has 4 heteroatoms. The van der Waals surface area contributed by atoms with Crippen LogP contribution in [0.25, 0.3) is 0 Å². The Morgan fingerprint density at radius 3 is 2.55 bits per heavy atom. The molecular weight excluding hydrogens is 268 g/mol. The Hall–Kier alpha value is -1.00. The summed E-state index contributed by atoms with van der Waals surface area (Å²) in [7, 11) is 0. The Balaban J connectivity index is 1.48. The first-order valence-corrected chi connectivity index (χ1v) is 8.56. The third kappa shape index (κ3) is 3.36. The average Bonchev–Trinajstić information content (AvgIpc) is 3.28. The quantitative estimate of drug-likeness (QED) is 0.899. The van der Waals surface area contributed by atoms with Crippen LogP contribution in [0.4, 0.5) is 0 Å². The summed E-state index contributed by atoms with van der Waals surface area (Å²) < 4.78 is 0. The molecule has 1 aromatic carbocycles. The van der Waals surface area contributed by atoms with Crippen LogP contribution in [-0.2, 0) is 10.2 Å². The van der Waals surface area contributed by atoms with E-state index in [1.165, 1.54) is 18.4 Å². The number of carbonyl (C=O) groups excluding carboxylic acids is 1. The fraction of sp³-hybridized carbons (Fsp3) is 0.562. The maximum Gasteiger partial charge on any atom is 0.234 e. The first-order chi connectivity index (χ1) is 9.78. The van der Waals surface area contributed by atoms with Crippen LogP contribution >= 0.6 is 11.8 Å². The predicted octanol–water partition coefficient (Wildman–Crippen LogP) is 1.88. The molecule has 3 rings (SSSR count). The van der Waals surface area contributed by atoms with Gasteiger partial charge in [0.05, 0.1) is 6.54 Å². The van der Waals surface area contributed by atoms with Gasteiger partial charge in [0, 0.05) is 36.6 Å². The van der Waals surface area contributed by atoms with Gasteiger partial charge < -0.3 is 5.32 Å². The van der Waals surface area contributed by atoms with Crippen LogP contribution in [0.1, 0.15) is 18.4 Å². The van der Waals surface area contributed by atoms with E-state index in [9.17, 15) is 4.79 Å². The Labute approximate surface area is 125 Å². The van der Waals surface area contributed by atoms with Crippen LogP contribution in [0, 0.1) is 0 Å². The predicted molar refractivity (Wildman–Crippen MR) is 84.1 cm³/mol. The molecule has 3 nitrogen and oxygen atoms in total. The Kier molecular flexibility index (Phi) is 4.32. The van der Waals surface area contributed by atoms with Gasteiger partial charge in [-0.2, -0.15) is 11.8 Å². The maximum absolute atomic E-state index is 12.1. The molecule has 2 fully saturated rings. The monoisotopic (exact) mass is 290 g/mol. The summed E-state index contributed by atoms with van der Waals surface area (Å²) in [4.78, 5) is 14.3. The molecule has 1 saturated heterocycles. The smallest absolute Gasteiger partial charge is 0.234 e. The van der Waals surface area contributed by atoms with Gasteiger partial charge in [0.2, 0.25) is 5.91 Å². The van der Waals surface area contributed by atoms with Crippen molar-refractivity contribution in [3.63, 3.8) is 0 Å². The van der Waals surface area contributed by atoms with Crippen molar-refractivity contribution in [1.82, 2.24) is 10.2 Å². The first kappa shape index (κ1) is 14.0.